The van der Waals surface area contributed by atoms with Crippen LogP contribution in [0.2, 0.25) is 0 Å². The lowest BCUT2D eigenvalue weighted by Crippen LogP contribution is -2.08. The van der Waals surface area contributed by atoms with Crippen LogP contribution in [0.5, 0.6) is 0 Å². The first-order valence-electron chi connectivity index (χ1n) is 3.18. The van der Waals surface area contributed by atoms with Gasteiger partial charge in [-0.2, -0.15) is 8.42 Å². The molecule has 0 aliphatic heterocycles. The molecule has 0 aliphatic rings. The van der Waals surface area contributed by atoms with Crippen LogP contribution >= 0.6 is 0 Å². The normalized spacial score (nSPS) is 12.5. The highest BCUT2D eigenvalue weighted by atomic mass is 32.2. The zero-order valence-corrected chi connectivity index (χ0v) is 7.67. The Kier molecular flexibility index (Phi) is 4.28. The maximum absolute atomic E-state index is 10.6. The zero-order chi connectivity index (χ0) is 9.61. The van der Waals surface area contributed by atoms with Gasteiger partial charge in [0.2, 0.25) is 0 Å². The van der Waals surface area contributed by atoms with Gasteiger partial charge in [-0.1, -0.05) is 18.2 Å². The average Bonchev–Trinajstić information content (AvgIpc) is 1.84. The zero-order valence-electron chi connectivity index (χ0n) is 6.85. The van der Waals surface area contributed by atoms with Crippen molar-refractivity contribution in [1.29, 1.82) is 0 Å². The first-order chi connectivity index (χ1) is 5.45. The van der Waals surface area contributed by atoms with Crippen molar-refractivity contribution in [3.05, 3.63) is 24.3 Å². The molecule has 5 heteroatoms. The number of hydrogen-bond acceptors (Lipinski definition) is 4. The summed E-state index contributed by atoms with van der Waals surface area (Å²) in [6.45, 7) is 1.77. The number of carbonyl (C=O) groups is 1. The number of hydrogen-bond donors (Lipinski definition) is 0. The molecule has 0 aromatic rings. The van der Waals surface area contributed by atoms with Gasteiger partial charge in [-0.3, -0.25) is 0 Å². The third-order valence-electron chi connectivity index (χ3n) is 0.769. The molecule has 0 heterocycles. The summed E-state index contributed by atoms with van der Waals surface area (Å²) >= 11 is 0. The molecule has 0 fully saturated rings. The van der Waals surface area contributed by atoms with Crippen LogP contribution < -0.4 is 0 Å². The van der Waals surface area contributed by atoms with Crippen LogP contribution in [0.15, 0.2) is 24.3 Å². The van der Waals surface area contributed by atoms with Gasteiger partial charge in [0, 0.05) is 6.08 Å². The summed E-state index contributed by atoms with van der Waals surface area (Å²) in [6.07, 6.45) is 6.52. The molecule has 0 saturated carbocycles. The summed E-state index contributed by atoms with van der Waals surface area (Å²) in [6, 6.07) is 0. The minimum atomic E-state index is -3.69. The Balaban J connectivity index is 4.09. The molecular formula is C7H10O4S. The second-order valence-electron chi connectivity index (χ2n) is 1.99. The number of allylic oxidation sites excluding steroid dienone is 3. The molecular weight excluding hydrogens is 180 g/mol. The molecule has 0 unspecified atom stereocenters. The molecule has 12 heavy (non-hydrogen) atoms. The quantitative estimate of drug-likeness (QED) is 0.372. The maximum Gasteiger partial charge on any atom is 0.346 e. The van der Waals surface area contributed by atoms with E-state index in [0.717, 1.165) is 12.3 Å². The summed E-state index contributed by atoms with van der Waals surface area (Å²) in [7, 11) is -3.69. The lowest BCUT2D eigenvalue weighted by atomic mass is 10.4. The first kappa shape index (κ1) is 10.9. The van der Waals surface area contributed by atoms with E-state index >= 15 is 0 Å². The first-order valence-corrected chi connectivity index (χ1v) is 5.00. The van der Waals surface area contributed by atoms with Crippen LogP contribution in [-0.2, 0) is 19.1 Å². The average molecular weight is 190 g/mol. The van der Waals surface area contributed by atoms with Crippen molar-refractivity contribution in [1.82, 2.24) is 0 Å². The fourth-order valence-electron chi connectivity index (χ4n) is 0.422. The summed E-state index contributed by atoms with van der Waals surface area (Å²) in [4.78, 5) is 10.6. The van der Waals surface area contributed by atoms with Crippen LogP contribution in [0, 0.1) is 0 Å². The van der Waals surface area contributed by atoms with Gasteiger partial charge in [0.1, 0.15) is 0 Å². The van der Waals surface area contributed by atoms with Gasteiger partial charge in [0.15, 0.2) is 0 Å². The van der Waals surface area contributed by atoms with Gasteiger partial charge >= 0.3 is 16.1 Å². The van der Waals surface area contributed by atoms with E-state index in [0.29, 0.717) is 0 Å². The van der Waals surface area contributed by atoms with Gasteiger partial charge in [-0.15, -0.1) is 0 Å². The maximum atomic E-state index is 10.6. The van der Waals surface area contributed by atoms with E-state index in [-0.39, 0.29) is 0 Å². The Hall–Kier alpha value is -1.10. The van der Waals surface area contributed by atoms with Crippen molar-refractivity contribution >= 4 is 16.1 Å². The third-order valence-corrected chi connectivity index (χ3v) is 1.24. The van der Waals surface area contributed by atoms with Crippen molar-refractivity contribution < 1.29 is 17.4 Å². The Morgan fingerprint density at radius 2 is 1.92 bits per heavy atom. The Morgan fingerprint density at radius 3 is 2.33 bits per heavy atom. The lowest BCUT2D eigenvalue weighted by molar-refractivity contribution is -0.128. The van der Waals surface area contributed by atoms with E-state index in [9.17, 15) is 13.2 Å². The molecule has 0 bridgehead atoms. The molecule has 0 aliphatic carbocycles. The van der Waals surface area contributed by atoms with E-state index in [1.54, 1.807) is 19.1 Å². The lowest BCUT2D eigenvalue weighted by Gasteiger charge is -1.94. The minimum absolute atomic E-state index is 0.814. The second-order valence-corrected chi connectivity index (χ2v) is 3.57. The van der Waals surface area contributed by atoms with Crippen molar-refractivity contribution in [3.63, 3.8) is 0 Å². The van der Waals surface area contributed by atoms with Gasteiger partial charge in [0.05, 0.1) is 6.26 Å². The van der Waals surface area contributed by atoms with Gasteiger partial charge < -0.3 is 4.18 Å². The van der Waals surface area contributed by atoms with Crippen molar-refractivity contribution in [2.45, 2.75) is 6.92 Å². The molecule has 0 radical (unpaired) electrons. The highest BCUT2D eigenvalue weighted by Crippen LogP contribution is 1.89. The highest BCUT2D eigenvalue weighted by Gasteiger charge is 2.05. The predicted molar refractivity (Wildman–Crippen MR) is 44.9 cm³/mol. The molecule has 0 amide bonds. The van der Waals surface area contributed by atoms with Gasteiger partial charge in [-0.25, -0.2) is 4.79 Å². The van der Waals surface area contributed by atoms with Crippen LogP contribution in [0.25, 0.3) is 0 Å². The van der Waals surface area contributed by atoms with Crippen LogP contribution in [0.4, 0.5) is 0 Å². The summed E-state index contributed by atoms with van der Waals surface area (Å²) in [5, 5.41) is 0. The molecule has 0 spiro atoms. The fourth-order valence-corrected chi connectivity index (χ4v) is 0.776. The Bertz CT molecular complexity index is 297. The number of carbonyl (C=O) groups excluding carboxylic acids is 1. The molecule has 0 saturated heterocycles. The minimum Gasteiger partial charge on any atom is -0.342 e. The molecule has 0 atom stereocenters. The highest BCUT2D eigenvalue weighted by molar-refractivity contribution is 7.86. The van der Waals surface area contributed by atoms with Crippen LogP contribution in [0.1, 0.15) is 6.92 Å². The third kappa shape index (κ3) is 7.01. The van der Waals surface area contributed by atoms with Crippen molar-refractivity contribution in [3.8, 4) is 0 Å². The molecule has 0 aromatic heterocycles. The van der Waals surface area contributed by atoms with Gasteiger partial charge in [-0.05, 0) is 6.92 Å². The fraction of sp³-hybridized carbons (Fsp3) is 0.286. The van der Waals surface area contributed by atoms with Crippen LogP contribution in [0.3, 0.4) is 0 Å². The van der Waals surface area contributed by atoms with Crippen molar-refractivity contribution in [2.24, 2.45) is 0 Å². The standard InChI is InChI=1S/C7H10O4S/c1-3-4-5-6-7(8)11-12(2,9)10/h3-6H,1-2H3/b4-3+,6-5+. The monoisotopic (exact) mass is 190 g/mol. The van der Waals surface area contributed by atoms with E-state index in [1.165, 1.54) is 6.08 Å². The van der Waals surface area contributed by atoms with E-state index in [1.807, 2.05) is 0 Å². The van der Waals surface area contributed by atoms with Crippen molar-refractivity contribution in [2.75, 3.05) is 6.26 Å². The molecule has 68 valence electrons. The topological polar surface area (TPSA) is 60.4 Å². The number of rotatable bonds is 3. The van der Waals surface area contributed by atoms with E-state index in [2.05, 4.69) is 4.18 Å². The van der Waals surface area contributed by atoms with E-state index in [4.69, 9.17) is 0 Å². The van der Waals surface area contributed by atoms with Gasteiger partial charge in [0.25, 0.3) is 0 Å². The van der Waals surface area contributed by atoms with Crippen LogP contribution in [-0.4, -0.2) is 20.6 Å². The second kappa shape index (κ2) is 4.71. The Morgan fingerprint density at radius 1 is 1.33 bits per heavy atom. The largest absolute Gasteiger partial charge is 0.346 e. The SMILES string of the molecule is C/C=C/C=C/C(=O)OS(C)(=O)=O. The van der Waals surface area contributed by atoms with E-state index < -0.39 is 16.1 Å². The molecule has 0 rings (SSSR count). The molecule has 0 aromatic carbocycles. The molecule has 0 N–H and O–H groups in total. The predicted octanol–water partition coefficient (Wildman–Crippen LogP) is 0.622. The molecule has 4 nitrogen and oxygen atoms in total. The summed E-state index contributed by atoms with van der Waals surface area (Å²) < 4.78 is 24.8. The smallest absolute Gasteiger partial charge is 0.342 e. The Labute approximate surface area is 71.7 Å². The summed E-state index contributed by atoms with van der Waals surface area (Å²) in [5.74, 6) is -0.893. The summed E-state index contributed by atoms with van der Waals surface area (Å²) in [5.41, 5.74) is 0.